The number of halogens is 2. The van der Waals surface area contributed by atoms with E-state index in [1.165, 1.54) is 23.1 Å². The molecule has 2 heterocycles. The van der Waals surface area contributed by atoms with Crippen molar-refractivity contribution in [1.29, 1.82) is 0 Å². The van der Waals surface area contributed by atoms with Gasteiger partial charge < -0.3 is 10.3 Å². The number of thioether (sulfide) groups is 1. The first-order valence-electron chi connectivity index (χ1n) is 8.22. The highest BCUT2D eigenvalue weighted by Gasteiger charge is 2.13. The highest BCUT2D eigenvalue weighted by molar-refractivity contribution is 7.98. The van der Waals surface area contributed by atoms with Crippen LogP contribution in [0.3, 0.4) is 0 Å². The quantitative estimate of drug-likeness (QED) is 0.412. The van der Waals surface area contributed by atoms with Crippen LogP contribution in [0.5, 0.6) is 0 Å². The highest BCUT2D eigenvalue weighted by Crippen LogP contribution is 2.32. The van der Waals surface area contributed by atoms with Gasteiger partial charge in [0.15, 0.2) is 10.3 Å². The molecule has 3 rings (SSSR count). The Balaban J connectivity index is 1.65. The second-order valence-electron chi connectivity index (χ2n) is 5.85. The number of rotatable bonds is 6. The van der Waals surface area contributed by atoms with Gasteiger partial charge in [-0.05, 0) is 37.8 Å². The Hall–Kier alpha value is -1.87. The Morgan fingerprint density at radius 2 is 2.11 bits per heavy atom. The molecule has 0 aliphatic heterocycles. The lowest BCUT2D eigenvalue weighted by Gasteiger charge is -2.06. The summed E-state index contributed by atoms with van der Waals surface area (Å²) in [5.41, 5.74) is 2.34. The fraction of sp³-hybridized carbons (Fsp3) is 0.222. The number of anilines is 1. The summed E-state index contributed by atoms with van der Waals surface area (Å²) in [6, 6.07) is 5.16. The van der Waals surface area contributed by atoms with E-state index >= 15 is 0 Å². The third-order valence-electron chi connectivity index (χ3n) is 3.95. The molecule has 1 aromatic carbocycles. The van der Waals surface area contributed by atoms with E-state index in [0.29, 0.717) is 43.7 Å². The minimum Gasteiger partial charge on any atom is -0.302 e. The van der Waals surface area contributed by atoms with Crippen LogP contribution < -0.4 is 10.9 Å². The molecule has 28 heavy (non-hydrogen) atoms. The molecule has 0 saturated carbocycles. The Morgan fingerprint density at radius 3 is 2.79 bits per heavy atom. The predicted molar refractivity (Wildman–Crippen MR) is 116 cm³/mol. The first-order chi connectivity index (χ1) is 13.4. The Morgan fingerprint density at radius 1 is 1.32 bits per heavy atom. The van der Waals surface area contributed by atoms with E-state index in [-0.39, 0.29) is 17.9 Å². The number of carbonyl (C=O) groups excluding carboxylic acids is 1. The van der Waals surface area contributed by atoms with Gasteiger partial charge in [0.25, 0.3) is 5.56 Å². The molecule has 0 atom stereocenters. The van der Waals surface area contributed by atoms with E-state index < -0.39 is 0 Å². The molecule has 2 N–H and O–H groups in total. The molecule has 0 saturated heterocycles. The summed E-state index contributed by atoms with van der Waals surface area (Å²) in [6.45, 7) is 1.77. The summed E-state index contributed by atoms with van der Waals surface area (Å²) < 4.78 is 0. The second kappa shape index (κ2) is 9.09. The van der Waals surface area contributed by atoms with Gasteiger partial charge in [-0.2, -0.15) is 0 Å². The van der Waals surface area contributed by atoms with Crippen LogP contribution in [0.15, 0.2) is 33.5 Å². The van der Waals surface area contributed by atoms with Crippen molar-refractivity contribution in [2.45, 2.75) is 24.9 Å². The van der Waals surface area contributed by atoms with Gasteiger partial charge in [0.1, 0.15) is 0 Å². The molecule has 0 radical (unpaired) electrons. The second-order valence-corrected chi connectivity index (χ2v) is 8.35. The van der Waals surface area contributed by atoms with E-state index in [1.54, 1.807) is 25.1 Å². The summed E-state index contributed by atoms with van der Waals surface area (Å²) in [6.07, 6.45) is 2.29. The number of carbonyl (C=O) groups is 1. The van der Waals surface area contributed by atoms with Crippen molar-refractivity contribution in [3.05, 3.63) is 55.2 Å². The molecule has 0 fully saturated rings. The lowest BCUT2D eigenvalue weighted by atomic mass is 10.1. The molecule has 0 bridgehead atoms. The smallest absolute Gasteiger partial charge is 0.254 e. The first-order valence-corrected chi connectivity index (χ1v) is 11.1. The van der Waals surface area contributed by atoms with E-state index in [4.69, 9.17) is 23.2 Å². The monoisotopic (exact) mass is 454 g/mol. The number of thiazole rings is 1. The Kier molecular flexibility index (Phi) is 6.77. The van der Waals surface area contributed by atoms with Gasteiger partial charge in [-0.1, -0.05) is 35.0 Å². The standard InChI is InChI=1S/C18H16Cl2N4O2S2/c1-9-11(16(26)24-17(21-9)27-2)5-6-15(25)23-18-22-14(8-28-18)12-4-3-10(19)7-13(12)20/h3-4,7-8H,5-6H2,1-2H3,(H,21,24,26)(H,22,23,25). The van der Waals surface area contributed by atoms with Crippen molar-refractivity contribution >= 4 is 57.3 Å². The van der Waals surface area contributed by atoms with Gasteiger partial charge in [-0.15, -0.1) is 11.3 Å². The topological polar surface area (TPSA) is 87.7 Å². The number of hydrogen-bond acceptors (Lipinski definition) is 6. The molecule has 146 valence electrons. The molecular weight excluding hydrogens is 439 g/mol. The van der Waals surface area contributed by atoms with Gasteiger partial charge in [0, 0.05) is 33.6 Å². The number of aromatic nitrogens is 3. The van der Waals surface area contributed by atoms with Crippen LogP contribution in [0.25, 0.3) is 11.3 Å². The molecule has 0 aliphatic carbocycles. The van der Waals surface area contributed by atoms with Gasteiger partial charge in [-0.25, -0.2) is 9.97 Å². The molecule has 2 aromatic heterocycles. The maximum Gasteiger partial charge on any atom is 0.254 e. The zero-order valence-corrected chi connectivity index (χ0v) is 18.2. The molecular formula is C18H16Cl2N4O2S2. The summed E-state index contributed by atoms with van der Waals surface area (Å²) in [4.78, 5) is 35.8. The van der Waals surface area contributed by atoms with Crippen molar-refractivity contribution in [3.63, 3.8) is 0 Å². The van der Waals surface area contributed by atoms with Gasteiger partial charge in [0.05, 0.1) is 10.7 Å². The highest BCUT2D eigenvalue weighted by atomic mass is 35.5. The largest absolute Gasteiger partial charge is 0.302 e. The van der Waals surface area contributed by atoms with Crippen LogP contribution in [0.2, 0.25) is 10.0 Å². The predicted octanol–water partition coefficient (Wildman–Crippen LogP) is 4.80. The normalized spacial score (nSPS) is 10.9. The molecule has 0 unspecified atom stereocenters. The maximum absolute atomic E-state index is 12.3. The van der Waals surface area contributed by atoms with Crippen molar-refractivity contribution < 1.29 is 4.79 Å². The van der Waals surface area contributed by atoms with Gasteiger partial charge >= 0.3 is 0 Å². The van der Waals surface area contributed by atoms with E-state index in [0.717, 1.165) is 5.56 Å². The van der Waals surface area contributed by atoms with Gasteiger partial charge in [-0.3, -0.25) is 9.59 Å². The molecule has 3 aromatic rings. The van der Waals surface area contributed by atoms with Crippen molar-refractivity contribution in [3.8, 4) is 11.3 Å². The van der Waals surface area contributed by atoms with E-state index in [9.17, 15) is 9.59 Å². The Bertz CT molecular complexity index is 1080. The van der Waals surface area contributed by atoms with Crippen LogP contribution in [0, 0.1) is 6.92 Å². The average molecular weight is 455 g/mol. The number of benzene rings is 1. The zero-order chi connectivity index (χ0) is 20.3. The summed E-state index contributed by atoms with van der Waals surface area (Å²) in [5, 5.41) is 6.63. The van der Waals surface area contributed by atoms with Crippen LogP contribution in [-0.2, 0) is 11.2 Å². The molecule has 10 heteroatoms. The van der Waals surface area contributed by atoms with Crippen molar-refractivity contribution in [2.75, 3.05) is 11.6 Å². The number of aromatic amines is 1. The lowest BCUT2D eigenvalue weighted by molar-refractivity contribution is -0.116. The fourth-order valence-corrected chi connectivity index (χ4v) is 4.20. The van der Waals surface area contributed by atoms with Gasteiger partial charge in [0.2, 0.25) is 5.91 Å². The van der Waals surface area contributed by atoms with Crippen LogP contribution in [0.1, 0.15) is 17.7 Å². The fourth-order valence-electron chi connectivity index (χ4n) is 2.55. The minimum absolute atomic E-state index is 0.154. The van der Waals surface area contributed by atoms with Crippen LogP contribution >= 0.6 is 46.3 Å². The summed E-state index contributed by atoms with van der Waals surface area (Å²) in [5.74, 6) is -0.226. The molecule has 0 spiro atoms. The van der Waals surface area contributed by atoms with Crippen LogP contribution in [0.4, 0.5) is 5.13 Å². The average Bonchev–Trinajstić information content (AvgIpc) is 3.08. The summed E-state index contributed by atoms with van der Waals surface area (Å²) >= 11 is 14.8. The number of hydrogen-bond donors (Lipinski definition) is 2. The first kappa shape index (κ1) is 20.9. The van der Waals surface area contributed by atoms with Crippen LogP contribution in [-0.4, -0.2) is 27.1 Å². The lowest BCUT2D eigenvalue weighted by Crippen LogP contribution is -2.20. The van der Waals surface area contributed by atoms with Crippen molar-refractivity contribution in [1.82, 2.24) is 15.0 Å². The Labute approximate surface area is 179 Å². The van der Waals surface area contributed by atoms with E-state index in [2.05, 4.69) is 20.3 Å². The molecule has 1 amide bonds. The van der Waals surface area contributed by atoms with E-state index in [1.807, 2.05) is 11.6 Å². The third kappa shape index (κ3) is 4.94. The van der Waals surface area contributed by atoms with Crippen molar-refractivity contribution in [2.24, 2.45) is 0 Å². The zero-order valence-electron chi connectivity index (χ0n) is 15.0. The maximum atomic E-state index is 12.3. The summed E-state index contributed by atoms with van der Waals surface area (Å²) in [7, 11) is 0. The number of nitrogens with zero attached hydrogens (tertiary/aromatic N) is 2. The minimum atomic E-state index is -0.226. The SMILES string of the molecule is CSc1nc(C)c(CCC(=O)Nc2nc(-c3ccc(Cl)cc3Cl)cs2)c(=O)[nH]1. The number of nitrogens with one attached hydrogen (secondary N) is 2. The number of amides is 1. The molecule has 0 aliphatic rings. The third-order valence-corrected chi connectivity index (χ3v) is 5.84. The molecule has 6 nitrogen and oxygen atoms in total. The number of aryl methyl sites for hydroxylation is 1. The number of H-pyrrole nitrogens is 1.